The van der Waals surface area contributed by atoms with Crippen LogP contribution in [0.4, 0.5) is 11.5 Å². The monoisotopic (exact) mass is 240 g/mol. The lowest BCUT2D eigenvalue weighted by atomic mass is 10.1. The molecule has 6 nitrogen and oxygen atoms in total. The van der Waals surface area contributed by atoms with Gasteiger partial charge in [0.25, 0.3) is 5.56 Å². The van der Waals surface area contributed by atoms with Gasteiger partial charge in [-0.3, -0.25) is 14.3 Å². The maximum atomic E-state index is 11.6. The minimum Gasteiger partial charge on any atom is -0.383 e. The van der Waals surface area contributed by atoms with E-state index in [1.165, 1.54) is 4.57 Å². The van der Waals surface area contributed by atoms with E-state index in [4.69, 9.17) is 5.73 Å². The highest BCUT2D eigenvalue weighted by molar-refractivity contribution is 5.60. The van der Waals surface area contributed by atoms with Crippen LogP contribution in [0, 0.1) is 5.92 Å². The van der Waals surface area contributed by atoms with Gasteiger partial charge in [0.15, 0.2) is 0 Å². The number of rotatable bonds is 5. The number of aromatic amines is 1. The zero-order valence-electron chi connectivity index (χ0n) is 10.5. The summed E-state index contributed by atoms with van der Waals surface area (Å²) < 4.78 is 1.33. The Labute approximate surface area is 99.8 Å². The van der Waals surface area contributed by atoms with Gasteiger partial charge < -0.3 is 11.1 Å². The van der Waals surface area contributed by atoms with E-state index < -0.39 is 11.2 Å². The van der Waals surface area contributed by atoms with Crippen molar-refractivity contribution in [3.63, 3.8) is 0 Å². The van der Waals surface area contributed by atoms with Gasteiger partial charge in [0, 0.05) is 13.1 Å². The average Bonchev–Trinajstić information content (AvgIpc) is 2.28. The lowest BCUT2D eigenvalue weighted by Crippen LogP contribution is -2.34. The van der Waals surface area contributed by atoms with Gasteiger partial charge in [-0.15, -0.1) is 0 Å². The zero-order chi connectivity index (χ0) is 13.0. The molecule has 96 valence electrons. The minimum absolute atomic E-state index is 0.199. The molecule has 1 rings (SSSR count). The van der Waals surface area contributed by atoms with Gasteiger partial charge in [0.05, 0.1) is 0 Å². The quantitative estimate of drug-likeness (QED) is 0.702. The predicted octanol–water partition coefficient (Wildman–Crippen LogP) is 0.597. The number of nitrogen functional groups attached to an aromatic ring is 1. The smallest absolute Gasteiger partial charge is 0.330 e. The molecular weight excluding hydrogens is 220 g/mol. The first-order valence-corrected chi connectivity index (χ1v) is 5.87. The fourth-order valence-corrected chi connectivity index (χ4v) is 1.49. The van der Waals surface area contributed by atoms with Crippen LogP contribution in [0.25, 0.3) is 0 Å². The van der Waals surface area contributed by atoms with Gasteiger partial charge >= 0.3 is 5.69 Å². The molecule has 0 spiro atoms. The van der Waals surface area contributed by atoms with E-state index in [1.54, 1.807) is 6.92 Å². The van der Waals surface area contributed by atoms with Crippen LogP contribution in [-0.4, -0.2) is 16.1 Å². The van der Waals surface area contributed by atoms with Gasteiger partial charge in [-0.05, 0) is 12.8 Å². The summed E-state index contributed by atoms with van der Waals surface area (Å²) >= 11 is 0. The van der Waals surface area contributed by atoms with Crippen molar-refractivity contribution in [1.82, 2.24) is 9.55 Å². The van der Waals surface area contributed by atoms with E-state index >= 15 is 0 Å². The van der Waals surface area contributed by atoms with Crippen molar-refractivity contribution in [3.8, 4) is 0 Å². The van der Waals surface area contributed by atoms with Crippen molar-refractivity contribution >= 4 is 11.5 Å². The Morgan fingerprint density at radius 1 is 1.41 bits per heavy atom. The highest BCUT2D eigenvalue weighted by atomic mass is 16.2. The number of hydrogen-bond donors (Lipinski definition) is 3. The Morgan fingerprint density at radius 2 is 2.06 bits per heavy atom. The van der Waals surface area contributed by atoms with Crippen LogP contribution in [0.2, 0.25) is 0 Å². The van der Waals surface area contributed by atoms with E-state index in [-0.39, 0.29) is 11.5 Å². The summed E-state index contributed by atoms with van der Waals surface area (Å²) in [6.07, 6.45) is 1.01. The zero-order valence-corrected chi connectivity index (χ0v) is 10.5. The highest BCUT2D eigenvalue weighted by Crippen LogP contribution is 2.11. The van der Waals surface area contributed by atoms with E-state index in [0.29, 0.717) is 19.0 Å². The Hall–Kier alpha value is -1.72. The summed E-state index contributed by atoms with van der Waals surface area (Å²) in [5.74, 6) is 0.639. The van der Waals surface area contributed by atoms with E-state index in [2.05, 4.69) is 24.1 Å². The fraction of sp³-hybridized carbons (Fsp3) is 0.636. The minimum atomic E-state index is -0.468. The second kappa shape index (κ2) is 5.56. The number of nitrogens with two attached hydrogens (primary N) is 1. The predicted molar refractivity (Wildman–Crippen MR) is 69.4 cm³/mol. The number of nitrogens with zero attached hydrogens (tertiary/aromatic N) is 1. The van der Waals surface area contributed by atoms with Gasteiger partial charge in [-0.2, -0.15) is 0 Å². The molecule has 1 aromatic rings. The third kappa shape index (κ3) is 2.89. The molecule has 0 amide bonds. The van der Waals surface area contributed by atoms with Crippen LogP contribution in [0.15, 0.2) is 9.59 Å². The van der Waals surface area contributed by atoms with Crippen molar-refractivity contribution in [2.45, 2.75) is 33.7 Å². The summed E-state index contributed by atoms with van der Waals surface area (Å²) in [7, 11) is 0. The third-order valence-corrected chi connectivity index (χ3v) is 2.88. The standard InChI is InChI=1S/C11H20N4O2/c1-4-7(3)6-13-8-9(12)15(5-2)11(17)14-10(8)16/h7,13H,4-6,12H2,1-3H3,(H,14,16,17). The normalized spacial score (nSPS) is 12.4. The van der Waals surface area contributed by atoms with Crippen molar-refractivity contribution in [1.29, 1.82) is 0 Å². The Kier molecular flexibility index (Phi) is 4.37. The van der Waals surface area contributed by atoms with Crippen LogP contribution in [0.3, 0.4) is 0 Å². The molecule has 1 unspecified atom stereocenters. The number of hydrogen-bond acceptors (Lipinski definition) is 4. The lowest BCUT2D eigenvalue weighted by molar-refractivity contribution is 0.592. The molecule has 0 radical (unpaired) electrons. The first-order chi connectivity index (χ1) is 8.01. The summed E-state index contributed by atoms with van der Waals surface area (Å²) in [5.41, 5.74) is 5.16. The van der Waals surface area contributed by atoms with E-state index in [0.717, 1.165) is 6.42 Å². The SMILES string of the molecule is CCC(C)CNc1c(N)n(CC)c(=O)[nH]c1=O. The second-order valence-corrected chi connectivity index (χ2v) is 4.16. The summed E-state index contributed by atoms with van der Waals surface area (Å²) in [6, 6.07) is 0. The van der Waals surface area contributed by atoms with Gasteiger partial charge in [0.1, 0.15) is 11.5 Å². The van der Waals surface area contributed by atoms with Crippen LogP contribution in [-0.2, 0) is 6.54 Å². The Bertz CT molecular complexity index is 489. The third-order valence-electron chi connectivity index (χ3n) is 2.88. The molecule has 0 saturated carbocycles. The van der Waals surface area contributed by atoms with Crippen LogP contribution in [0.5, 0.6) is 0 Å². The summed E-state index contributed by atoms with van der Waals surface area (Å²) in [5, 5.41) is 3.01. The first-order valence-electron chi connectivity index (χ1n) is 5.87. The number of anilines is 2. The molecule has 1 atom stereocenters. The molecular formula is C11H20N4O2. The van der Waals surface area contributed by atoms with Crippen molar-refractivity contribution in [3.05, 3.63) is 20.8 Å². The molecule has 0 saturated heterocycles. The maximum absolute atomic E-state index is 11.6. The molecule has 0 fully saturated rings. The van der Waals surface area contributed by atoms with Crippen molar-refractivity contribution < 1.29 is 0 Å². The Balaban J connectivity index is 3.07. The molecule has 4 N–H and O–H groups in total. The molecule has 6 heteroatoms. The van der Waals surface area contributed by atoms with Crippen LogP contribution >= 0.6 is 0 Å². The van der Waals surface area contributed by atoms with E-state index in [1.807, 2.05) is 0 Å². The largest absolute Gasteiger partial charge is 0.383 e. The maximum Gasteiger partial charge on any atom is 0.330 e. The second-order valence-electron chi connectivity index (χ2n) is 4.16. The molecule has 0 aliphatic carbocycles. The van der Waals surface area contributed by atoms with E-state index in [9.17, 15) is 9.59 Å². The molecule has 0 bridgehead atoms. The molecule has 0 aliphatic rings. The average molecular weight is 240 g/mol. The van der Waals surface area contributed by atoms with Crippen molar-refractivity contribution in [2.24, 2.45) is 5.92 Å². The molecule has 17 heavy (non-hydrogen) atoms. The first kappa shape index (κ1) is 13.3. The highest BCUT2D eigenvalue weighted by Gasteiger charge is 2.11. The van der Waals surface area contributed by atoms with Gasteiger partial charge in [-0.1, -0.05) is 20.3 Å². The fourth-order valence-electron chi connectivity index (χ4n) is 1.49. The van der Waals surface area contributed by atoms with Crippen LogP contribution < -0.4 is 22.3 Å². The van der Waals surface area contributed by atoms with Gasteiger partial charge in [-0.25, -0.2) is 4.79 Å². The van der Waals surface area contributed by atoms with Gasteiger partial charge in [0.2, 0.25) is 0 Å². The molecule has 0 aromatic carbocycles. The Morgan fingerprint density at radius 3 is 2.59 bits per heavy atom. The molecule has 1 heterocycles. The molecule has 0 aliphatic heterocycles. The number of H-pyrrole nitrogens is 1. The number of aromatic nitrogens is 2. The number of nitrogens with one attached hydrogen (secondary N) is 2. The lowest BCUT2D eigenvalue weighted by Gasteiger charge is -2.14. The van der Waals surface area contributed by atoms with Crippen molar-refractivity contribution in [2.75, 3.05) is 17.6 Å². The topological polar surface area (TPSA) is 92.9 Å². The molecule has 1 aromatic heterocycles. The van der Waals surface area contributed by atoms with Crippen LogP contribution in [0.1, 0.15) is 27.2 Å². The summed E-state index contributed by atoms with van der Waals surface area (Å²) in [4.78, 5) is 25.3. The summed E-state index contributed by atoms with van der Waals surface area (Å²) in [6.45, 7) is 7.04.